The predicted octanol–water partition coefficient (Wildman–Crippen LogP) is 3.53. The molecule has 0 bridgehead atoms. The zero-order valence-electron chi connectivity index (χ0n) is 11.1. The Labute approximate surface area is 125 Å². The number of aliphatic hydroxyl groups is 1. The van der Waals surface area contributed by atoms with Gasteiger partial charge in [-0.1, -0.05) is 41.4 Å². The number of nitrogens with zero attached hydrogens (tertiary/aromatic N) is 1. The van der Waals surface area contributed by atoms with E-state index in [-0.39, 0.29) is 0 Å². The van der Waals surface area contributed by atoms with Crippen LogP contribution in [0.4, 0.5) is 0 Å². The normalized spacial score (nSPS) is 14.2. The molecule has 0 aliphatic rings. The van der Waals surface area contributed by atoms with Gasteiger partial charge in [0.2, 0.25) is 0 Å². The molecule has 0 radical (unpaired) electrons. The summed E-state index contributed by atoms with van der Waals surface area (Å²) in [5.41, 5.74) is 1.20. The van der Waals surface area contributed by atoms with Gasteiger partial charge in [0.05, 0.1) is 17.5 Å². The van der Waals surface area contributed by atoms with Gasteiger partial charge in [-0.25, -0.2) is 0 Å². The molecule has 0 saturated heterocycles. The average Bonchev–Trinajstić information content (AvgIpc) is 2.44. The number of halogens is 1. The molecule has 0 spiro atoms. The predicted molar refractivity (Wildman–Crippen MR) is 80.4 cm³/mol. The van der Waals surface area contributed by atoms with Gasteiger partial charge in [0.25, 0.3) is 0 Å². The van der Waals surface area contributed by atoms with Crippen molar-refractivity contribution in [2.75, 3.05) is 0 Å². The van der Waals surface area contributed by atoms with E-state index in [0.717, 1.165) is 9.86 Å². The summed E-state index contributed by atoms with van der Waals surface area (Å²) in [5.74, 6) is -1.79. The van der Waals surface area contributed by atoms with Crippen molar-refractivity contribution in [3.05, 3.63) is 40.5 Å². The quantitative estimate of drug-likeness (QED) is 0.875. The molecule has 2 rings (SSSR count). The summed E-state index contributed by atoms with van der Waals surface area (Å²) in [6.07, 6.45) is 1.72. The number of benzene rings is 1. The fourth-order valence-electron chi connectivity index (χ4n) is 2.34. The lowest BCUT2D eigenvalue weighted by Gasteiger charge is -2.20. The Hall–Kier alpha value is -1.46. The standard InChI is InChI=1S/C15H16BrNO3/c1-2-4-11(15(19)20)14(18)10-6-7-12(16)9-5-3-8-17-13(9)10/h3,5-8,11,14,18H,2,4H2,1H3,(H,19,20). The summed E-state index contributed by atoms with van der Waals surface area (Å²) in [6.45, 7) is 1.90. The summed E-state index contributed by atoms with van der Waals surface area (Å²) >= 11 is 3.44. The van der Waals surface area contributed by atoms with Crippen LogP contribution in [0.25, 0.3) is 10.9 Å². The number of hydrogen-bond acceptors (Lipinski definition) is 3. The van der Waals surface area contributed by atoms with Crippen LogP contribution in [0.1, 0.15) is 31.4 Å². The molecule has 1 aromatic carbocycles. The highest BCUT2D eigenvalue weighted by Gasteiger charge is 2.28. The van der Waals surface area contributed by atoms with E-state index in [4.69, 9.17) is 0 Å². The SMILES string of the molecule is CCCC(C(=O)O)C(O)c1ccc(Br)c2cccnc12. The van der Waals surface area contributed by atoms with Gasteiger partial charge in [-0.05, 0) is 18.6 Å². The van der Waals surface area contributed by atoms with E-state index in [0.29, 0.717) is 23.9 Å². The van der Waals surface area contributed by atoms with Gasteiger partial charge < -0.3 is 10.2 Å². The van der Waals surface area contributed by atoms with Gasteiger partial charge in [-0.2, -0.15) is 0 Å². The van der Waals surface area contributed by atoms with Crippen LogP contribution in [0.2, 0.25) is 0 Å². The Bertz CT molecular complexity index is 630. The number of fused-ring (bicyclic) bond motifs is 1. The molecule has 0 fully saturated rings. The molecule has 4 nitrogen and oxygen atoms in total. The number of aromatic nitrogens is 1. The molecular formula is C15H16BrNO3. The van der Waals surface area contributed by atoms with Crippen molar-refractivity contribution < 1.29 is 15.0 Å². The van der Waals surface area contributed by atoms with E-state index < -0.39 is 18.0 Å². The highest BCUT2D eigenvalue weighted by atomic mass is 79.9. The highest BCUT2D eigenvalue weighted by molar-refractivity contribution is 9.10. The number of hydrogen-bond donors (Lipinski definition) is 2. The van der Waals surface area contributed by atoms with E-state index in [2.05, 4.69) is 20.9 Å². The third kappa shape index (κ3) is 2.83. The van der Waals surface area contributed by atoms with Gasteiger partial charge in [0.1, 0.15) is 0 Å². The van der Waals surface area contributed by atoms with Crippen molar-refractivity contribution in [3.63, 3.8) is 0 Å². The summed E-state index contributed by atoms with van der Waals surface area (Å²) in [7, 11) is 0. The van der Waals surface area contributed by atoms with Gasteiger partial charge in [0, 0.05) is 21.6 Å². The first-order valence-electron chi connectivity index (χ1n) is 6.50. The van der Waals surface area contributed by atoms with Crippen LogP contribution in [0.15, 0.2) is 34.9 Å². The van der Waals surface area contributed by atoms with E-state index in [1.807, 2.05) is 25.1 Å². The Morgan fingerprint density at radius 3 is 2.80 bits per heavy atom. The maximum atomic E-state index is 11.3. The number of pyridine rings is 1. The highest BCUT2D eigenvalue weighted by Crippen LogP contribution is 2.33. The Balaban J connectivity index is 2.51. The molecule has 1 aromatic heterocycles. The second kappa shape index (κ2) is 6.33. The third-order valence-corrected chi connectivity index (χ3v) is 4.06. The molecule has 0 amide bonds. The molecule has 0 aliphatic heterocycles. The molecule has 1 heterocycles. The summed E-state index contributed by atoms with van der Waals surface area (Å²) in [5, 5.41) is 20.6. The monoisotopic (exact) mass is 337 g/mol. The van der Waals surface area contributed by atoms with Gasteiger partial charge in [-0.15, -0.1) is 0 Å². The van der Waals surface area contributed by atoms with Crippen LogP contribution in [0.5, 0.6) is 0 Å². The fraction of sp³-hybridized carbons (Fsp3) is 0.333. The lowest BCUT2D eigenvalue weighted by molar-refractivity contribution is -0.146. The van der Waals surface area contributed by atoms with Gasteiger partial charge in [0.15, 0.2) is 0 Å². The molecular weight excluding hydrogens is 322 g/mol. The molecule has 2 N–H and O–H groups in total. The van der Waals surface area contributed by atoms with Crippen molar-refractivity contribution in [1.82, 2.24) is 4.98 Å². The summed E-state index contributed by atoms with van der Waals surface area (Å²) in [4.78, 5) is 15.6. The summed E-state index contributed by atoms with van der Waals surface area (Å²) < 4.78 is 0.874. The molecule has 0 aliphatic carbocycles. The Morgan fingerprint density at radius 1 is 1.40 bits per heavy atom. The third-order valence-electron chi connectivity index (χ3n) is 3.36. The minimum Gasteiger partial charge on any atom is -0.481 e. The molecule has 2 aromatic rings. The molecule has 0 saturated carbocycles. The number of carboxylic acid groups (broad SMARTS) is 1. The smallest absolute Gasteiger partial charge is 0.309 e. The van der Waals surface area contributed by atoms with E-state index in [9.17, 15) is 15.0 Å². The van der Waals surface area contributed by atoms with Crippen molar-refractivity contribution in [3.8, 4) is 0 Å². The maximum absolute atomic E-state index is 11.3. The average molecular weight is 338 g/mol. The molecule has 5 heteroatoms. The molecule has 2 atom stereocenters. The van der Waals surface area contributed by atoms with Crippen LogP contribution >= 0.6 is 15.9 Å². The maximum Gasteiger partial charge on any atom is 0.309 e. The van der Waals surface area contributed by atoms with Crippen LogP contribution in [0, 0.1) is 5.92 Å². The lowest BCUT2D eigenvalue weighted by Crippen LogP contribution is -2.22. The first-order chi connectivity index (χ1) is 9.56. The first kappa shape index (κ1) is 14.9. The number of aliphatic carboxylic acids is 1. The largest absolute Gasteiger partial charge is 0.481 e. The van der Waals surface area contributed by atoms with Crippen LogP contribution in [-0.2, 0) is 4.79 Å². The number of carboxylic acids is 1. The Kier molecular flexibility index (Phi) is 4.73. The topological polar surface area (TPSA) is 70.4 Å². The Morgan fingerprint density at radius 2 is 2.15 bits per heavy atom. The van der Waals surface area contributed by atoms with Crippen molar-refractivity contribution >= 4 is 32.8 Å². The zero-order chi connectivity index (χ0) is 14.7. The molecule has 106 valence electrons. The van der Waals surface area contributed by atoms with Crippen LogP contribution in [0.3, 0.4) is 0 Å². The minimum absolute atomic E-state index is 0.431. The second-order valence-corrected chi connectivity index (χ2v) is 5.57. The van der Waals surface area contributed by atoms with Crippen molar-refractivity contribution in [2.45, 2.75) is 25.9 Å². The van der Waals surface area contributed by atoms with Crippen molar-refractivity contribution in [1.29, 1.82) is 0 Å². The van der Waals surface area contributed by atoms with Crippen molar-refractivity contribution in [2.24, 2.45) is 5.92 Å². The van der Waals surface area contributed by atoms with Crippen LogP contribution in [-0.4, -0.2) is 21.2 Å². The van der Waals surface area contributed by atoms with Crippen LogP contribution < -0.4 is 0 Å². The van der Waals surface area contributed by atoms with E-state index in [1.165, 1.54) is 0 Å². The lowest BCUT2D eigenvalue weighted by atomic mass is 9.90. The van der Waals surface area contributed by atoms with Gasteiger partial charge >= 0.3 is 5.97 Å². The fourth-order valence-corrected chi connectivity index (χ4v) is 2.79. The molecule has 2 unspecified atom stereocenters. The molecule has 20 heavy (non-hydrogen) atoms. The van der Waals surface area contributed by atoms with E-state index in [1.54, 1.807) is 12.3 Å². The zero-order valence-corrected chi connectivity index (χ0v) is 12.7. The summed E-state index contributed by atoms with van der Waals surface area (Å²) in [6, 6.07) is 7.24. The van der Waals surface area contributed by atoms with E-state index >= 15 is 0 Å². The number of carbonyl (C=O) groups is 1. The number of rotatable bonds is 5. The minimum atomic E-state index is -1.06. The second-order valence-electron chi connectivity index (χ2n) is 4.71. The number of aliphatic hydroxyl groups excluding tert-OH is 1. The van der Waals surface area contributed by atoms with Gasteiger partial charge in [-0.3, -0.25) is 9.78 Å². The first-order valence-corrected chi connectivity index (χ1v) is 7.29.